The molecule has 0 atom stereocenters. The van der Waals surface area contributed by atoms with Crippen LogP contribution in [0.25, 0.3) is 17.0 Å². The summed E-state index contributed by atoms with van der Waals surface area (Å²) >= 11 is 0. The number of nitriles is 1. The van der Waals surface area contributed by atoms with E-state index in [1.54, 1.807) is 6.07 Å². The normalized spacial score (nSPS) is 11.1. The zero-order valence-corrected chi connectivity index (χ0v) is 15.6. The number of aromatic nitrogens is 1. The number of para-hydroxylation sites is 1. The number of nitrogens with zero attached hydrogens (tertiary/aromatic N) is 2. The van der Waals surface area contributed by atoms with E-state index in [1.165, 1.54) is 25.3 Å². The summed E-state index contributed by atoms with van der Waals surface area (Å²) in [4.78, 5) is 26.1. The Hall–Kier alpha value is -4.12. The molecule has 0 radical (unpaired) electrons. The maximum Gasteiger partial charge on any atom is 0.311 e. The van der Waals surface area contributed by atoms with Crippen LogP contribution in [-0.2, 0) is 11.2 Å². The van der Waals surface area contributed by atoms with Crippen molar-refractivity contribution in [1.29, 1.82) is 5.26 Å². The lowest BCUT2D eigenvalue weighted by Crippen LogP contribution is -2.26. The Morgan fingerprint density at radius 2 is 2.14 bits per heavy atom. The first-order chi connectivity index (χ1) is 14.0. The molecule has 0 bridgehead atoms. The number of hydrogen-bond donors (Lipinski definition) is 2. The van der Waals surface area contributed by atoms with Crippen molar-refractivity contribution < 1.29 is 14.5 Å². The van der Waals surface area contributed by atoms with Crippen molar-refractivity contribution in [3.8, 4) is 11.8 Å². The van der Waals surface area contributed by atoms with Gasteiger partial charge in [0.2, 0.25) is 0 Å². The van der Waals surface area contributed by atoms with Crippen LogP contribution in [0.1, 0.15) is 11.1 Å². The van der Waals surface area contributed by atoms with E-state index in [-0.39, 0.29) is 17.0 Å². The van der Waals surface area contributed by atoms with Gasteiger partial charge in [-0.25, -0.2) is 0 Å². The van der Waals surface area contributed by atoms with Crippen LogP contribution in [0.2, 0.25) is 0 Å². The van der Waals surface area contributed by atoms with Crippen LogP contribution >= 0.6 is 0 Å². The largest absolute Gasteiger partial charge is 0.490 e. The third-order valence-corrected chi connectivity index (χ3v) is 4.43. The van der Waals surface area contributed by atoms with Crippen LogP contribution in [-0.4, -0.2) is 29.5 Å². The number of amides is 1. The minimum atomic E-state index is -0.580. The predicted octanol–water partition coefficient (Wildman–Crippen LogP) is 3.35. The van der Waals surface area contributed by atoms with Crippen LogP contribution in [0, 0.1) is 21.4 Å². The first-order valence-electron chi connectivity index (χ1n) is 8.81. The van der Waals surface area contributed by atoms with Crippen molar-refractivity contribution >= 4 is 28.6 Å². The highest BCUT2D eigenvalue weighted by Gasteiger charge is 2.16. The molecule has 1 aromatic heterocycles. The molecule has 1 heterocycles. The molecule has 0 spiro atoms. The van der Waals surface area contributed by atoms with E-state index in [2.05, 4.69) is 10.3 Å². The number of ether oxygens (including phenoxy) is 1. The average Bonchev–Trinajstić information content (AvgIpc) is 3.14. The van der Waals surface area contributed by atoms with E-state index in [4.69, 9.17) is 4.74 Å². The standard InChI is InChI=1S/C21H18N4O4/c1-29-20-7-6-14(11-19(20)25(27)28)10-16(12-22)21(26)23-9-8-15-13-24-18-5-3-2-4-17(15)18/h2-7,10-11,13,24H,8-9H2,1H3,(H,23,26)/b16-10-. The van der Waals surface area contributed by atoms with Crippen molar-refractivity contribution in [3.63, 3.8) is 0 Å². The second-order valence-electron chi connectivity index (χ2n) is 6.22. The molecule has 3 aromatic rings. The smallest absolute Gasteiger partial charge is 0.311 e. The third kappa shape index (κ3) is 4.42. The molecule has 3 rings (SSSR count). The summed E-state index contributed by atoms with van der Waals surface area (Å²) in [6.07, 6.45) is 3.81. The number of methoxy groups -OCH3 is 1. The van der Waals surface area contributed by atoms with Gasteiger partial charge in [-0.1, -0.05) is 24.3 Å². The van der Waals surface area contributed by atoms with E-state index in [0.717, 1.165) is 16.5 Å². The summed E-state index contributed by atoms with van der Waals surface area (Å²) in [5, 5.41) is 24.2. The first-order valence-corrected chi connectivity index (χ1v) is 8.81. The molecule has 0 fully saturated rings. The van der Waals surface area contributed by atoms with Gasteiger partial charge in [0.25, 0.3) is 5.91 Å². The number of carbonyl (C=O) groups is 1. The molecule has 0 saturated carbocycles. The highest BCUT2D eigenvalue weighted by molar-refractivity contribution is 6.01. The monoisotopic (exact) mass is 390 g/mol. The Balaban J connectivity index is 1.69. The summed E-state index contributed by atoms with van der Waals surface area (Å²) in [6, 6.07) is 13.9. The summed E-state index contributed by atoms with van der Waals surface area (Å²) in [7, 11) is 1.33. The quantitative estimate of drug-likeness (QED) is 0.277. The summed E-state index contributed by atoms with van der Waals surface area (Å²) in [5.41, 5.74) is 2.07. The van der Waals surface area contributed by atoms with Crippen molar-refractivity contribution in [1.82, 2.24) is 10.3 Å². The zero-order valence-electron chi connectivity index (χ0n) is 15.6. The van der Waals surface area contributed by atoms with E-state index in [9.17, 15) is 20.2 Å². The molecule has 1 amide bonds. The number of nitrogens with one attached hydrogen (secondary N) is 2. The van der Waals surface area contributed by atoms with Crippen LogP contribution in [0.4, 0.5) is 5.69 Å². The number of H-pyrrole nitrogens is 1. The molecule has 0 unspecified atom stereocenters. The maximum atomic E-state index is 12.3. The fourth-order valence-electron chi connectivity index (χ4n) is 3.00. The van der Waals surface area contributed by atoms with Gasteiger partial charge in [0.1, 0.15) is 11.6 Å². The number of nitro benzene ring substituents is 1. The second-order valence-corrected chi connectivity index (χ2v) is 6.22. The topological polar surface area (TPSA) is 121 Å². The van der Waals surface area contributed by atoms with E-state index in [0.29, 0.717) is 18.5 Å². The van der Waals surface area contributed by atoms with Crippen molar-refractivity contribution in [2.45, 2.75) is 6.42 Å². The Kier molecular flexibility index (Phi) is 5.90. The lowest BCUT2D eigenvalue weighted by molar-refractivity contribution is -0.385. The highest BCUT2D eigenvalue weighted by atomic mass is 16.6. The summed E-state index contributed by atoms with van der Waals surface area (Å²) in [6.45, 7) is 0.350. The van der Waals surface area contributed by atoms with Gasteiger partial charge in [-0.15, -0.1) is 0 Å². The summed E-state index contributed by atoms with van der Waals surface area (Å²) < 4.78 is 4.95. The maximum absolute atomic E-state index is 12.3. The van der Waals surface area contributed by atoms with Gasteiger partial charge < -0.3 is 15.0 Å². The molecule has 0 saturated heterocycles. The SMILES string of the molecule is COc1ccc(/C=C(/C#N)C(=O)NCCc2c[nH]c3ccccc23)cc1[N+](=O)[O-]. The van der Waals surface area contributed by atoms with Gasteiger partial charge >= 0.3 is 5.69 Å². The molecule has 0 aliphatic carbocycles. The predicted molar refractivity (Wildman–Crippen MR) is 108 cm³/mol. The Morgan fingerprint density at radius 3 is 2.86 bits per heavy atom. The van der Waals surface area contributed by atoms with E-state index < -0.39 is 10.8 Å². The van der Waals surface area contributed by atoms with Crippen LogP contribution in [0.5, 0.6) is 5.75 Å². The van der Waals surface area contributed by atoms with E-state index >= 15 is 0 Å². The molecule has 8 heteroatoms. The molecule has 29 heavy (non-hydrogen) atoms. The number of nitro groups is 1. The van der Waals surface area contributed by atoms with Crippen LogP contribution in [0.3, 0.4) is 0 Å². The molecule has 146 valence electrons. The van der Waals surface area contributed by atoms with Gasteiger partial charge in [-0.05, 0) is 35.8 Å². The van der Waals surface area contributed by atoms with Crippen LogP contribution in [0.15, 0.2) is 54.2 Å². The molecule has 0 aliphatic heterocycles. The first kappa shape index (κ1) is 19.6. The third-order valence-electron chi connectivity index (χ3n) is 4.43. The van der Waals surface area contributed by atoms with Crippen molar-refractivity contribution in [2.24, 2.45) is 0 Å². The van der Waals surface area contributed by atoms with Crippen molar-refractivity contribution in [3.05, 3.63) is 75.5 Å². The van der Waals surface area contributed by atoms with Gasteiger partial charge in [0.15, 0.2) is 5.75 Å². The minimum absolute atomic E-state index is 0.105. The minimum Gasteiger partial charge on any atom is -0.490 e. The zero-order chi connectivity index (χ0) is 20.8. The lowest BCUT2D eigenvalue weighted by atomic mass is 10.1. The number of benzene rings is 2. The van der Waals surface area contributed by atoms with E-state index in [1.807, 2.05) is 36.5 Å². The average molecular weight is 390 g/mol. The van der Waals surface area contributed by atoms with Gasteiger partial charge in [-0.3, -0.25) is 14.9 Å². The molecule has 2 N–H and O–H groups in total. The molecular weight excluding hydrogens is 372 g/mol. The van der Waals surface area contributed by atoms with Crippen molar-refractivity contribution in [2.75, 3.05) is 13.7 Å². The van der Waals surface area contributed by atoms with Gasteiger partial charge in [-0.2, -0.15) is 5.26 Å². The Labute approximate surface area is 166 Å². The highest BCUT2D eigenvalue weighted by Crippen LogP contribution is 2.28. The van der Waals surface area contributed by atoms with Crippen LogP contribution < -0.4 is 10.1 Å². The fourth-order valence-corrected chi connectivity index (χ4v) is 3.00. The number of hydrogen-bond acceptors (Lipinski definition) is 5. The molecular formula is C21H18N4O4. The summed E-state index contributed by atoms with van der Waals surface area (Å²) in [5.74, 6) is -0.431. The fraction of sp³-hybridized carbons (Fsp3) is 0.143. The number of rotatable bonds is 7. The molecule has 0 aliphatic rings. The second kappa shape index (κ2) is 8.71. The van der Waals surface area contributed by atoms with Gasteiger partial charge in [0, 0.05) is 29.7 Å². The molecule has 8 nitrogen and oxygen atoms in total. The number of carbonyl (C=O) groups excluding carboxylic acids is 1. The number of aromatic amines is 1. The van der Waals surface area contributed by atoms with Gasteiger partial charge in [0.05, 0.1) is 12.0 Å². The molecule has 2 aromatic carbocycles. The Morgan fingerprint density at radius 1 is 1.34 bits per heavy atom. The number of fused-ring (bicyclic) bond motifs is 1. The lowest BCUT2D eigenvalue weighted by Gasteiger charge is -2.05. The Bertz CT molecular complexity index is 1140.